The fourth-order valence-electron chi connectivity index (χ4n) is 2.31. The first-order chi connectivity index (χ1) is 7.79. The highest BCUT2D eigenvalue weighted by molar-refractivity contribution is 5.96. The highest BCUT2D eigenvalue weighted by atomic mass is 16.2. The summed E-state index contributed by atoms with van der Waals surface area (Å²) in [6.45, 7) is 1.13. The second-order valence-electron chi connectivity index (χ2n) is 4.40. The second-order valence-corrected chi connectivity index (χ2v) is 4.40. The first kappa shape index (κ1) is 11.2. The van der Waals surface area contributed by atoms with Gasteiger partial charge in [-0.25, -0.2) is 4.79 Å². The van der Waals surface area contributed by atoms with Gasteiger partial charge >= 0.3 is 6.03 Å². The Morgan fingerprint density at radius 3 is 2.88 bits per heavy atom. The molecule has 1 N–H and O–H groups in total. The summed E-state index contributed by atoms with van der Waals surface area (Å²) in [5.41, 5.74) is 0. The van der Waals surface area contributed by atoms with Gasteiger partial charge in [0.25, 0.3) is 0 Å². The van der Waals surface area contributed by atoms with Crippen molar-refractivity contribution in [2.24, 2.45) is 5.92 Å². The van der Waals surface area contributed by atoms with Crippen molar-refractivity contribution in [3.8, 4) is 0 Å². The van der Waals surface area contributed by atoms with E-state index in [2.05, 4.69) is 17.5 Å². The third kappa shape index (κ3) is 2.43. The molecule has 4 nitrogen and oxygen atoms in total. The molecule has 0 saturated carbocycles. The van der Waals surface area contributed by atoms with Crippen molar-refractivity contribution < 1.29 is 9.59 Å². The molecule has 0 radical (unpaired) electrons. The molecule has 4 heteroatoms. The summed E-state index contributed by atoms with van der Waals surface area (Å²) < 4.78 is 0. The summed E-state index contributed by atoms with van der Waals surface area (Å²) in [6, 6.07) is -0.220. The molecule has 2 aliphatic rings. The molecule has 16 heavy (non-hydrogen) atoms. The van der Waals surface area contributed by atoms with E-state index in [1.54, 1.807) is 0 Å². The number of hydrogen-bond donors (Lipinski definition) is 1. The lowest BCUT2D eigenvalue weighted by Crippen LogP contribution is -2.38. The molecule has 88 valence electrons. The normalized spacial score (nSPS) is 26.1. The Bertz CT molecular complexity index is 312. The minimum absolute atomic E-state index is 0.0188. The molecule has 0 spiro atoms. The molecule has 0 aromatic rings. The van der Waals surface area contributed by atoms with Crippen LogP contribution in [0.15, 0.2) is 12.2 Å². The van der Waals surface area contributed by atoms with Crippen molar-refractivity contribution in [1.29, 1.82) is 0 Å². The van der Waals surface area contributed by atoms with Gasteiger partial charge in [-0.15, -0.1) is 0 Å². The lowest BCUT2D eigenvalue weighted by atomic mass is 9.93. The summed E-state index contributed by atoms with van der Waals surface area (Å²) in [5, 5.41) is 2.67. The number of hydrogen-bond acceptors (Lipinski definition) is 2. The van der Waals surface area contributed by atoms with Gasteiger partial charge in [0.15, 0.2) is 0 Å². The molecule has 1 atom stereocenters. The Morgan fingerprint density at radius 2 is 2.12 bits per heavy atom. The summed E-state index contributed by atoms with van der Waals surface area (Å²) in [7, 11) is 0. The Kier molecular flexibility index (Phi) is 3.59. The van der Waals surface area contributed by atoms with Crippen LogP contribution in [0.5, 0.6) is 0 Å². The standard InChI is InChI=1S/C12H18N2O2/c15-11(14-9-8-13-12(14)16)10-6-4-2-1-3-5-7-10/h1-2,10H,3-9H2,(H,13,16). The number of nitrogens with one attached hydrogen (secondary N) is 1. The summed E-state index contributed by atoms with van der Waals surface area (Å²) in [4.78, 5) is 24.9. The van der Waals surface area contributed by atoms with Gasteiger partial charge in [0.1, 0.15) is 0 Å². The first-order valence-electron chi connectivity index (χ1n) is 6.03. The third-order valence-electron chi connectivity index (χ3n) is 3.24. The Morgan fingerprint density at radius 1 is 1.31 bits per heavy atom. The van der Waals surface area contributed by atoms with E-state index in [4.69, 9.17) is 0 Å². The average Bonchev–Trinajstić information content (AvgIpc) is 2.63. The molecule has 1 aliphatic heterocycles. The molecule has 3 amide bonds. The zero-order valence-electron chi connectivity index (χ0n) is 9.45. The number of rotatable bonds is 1. The van der Waals surface area contributed by atoms with E-state index in [0.29, 0.717) is 13.1 Å². The number of imide groups is 1. The van der Waals surface area contributed by atoms with Crippen LogP contribution in [0.4, 0.5) is 4.79 Å². The van der Waals surface area contributed by atoms with E-state index in [9.17, 15) is 9.59 Å². The highest BCUT2D eigenvalue weighted by Crippen LogP contribution is 2.21. The quantitative estimate of drug-likeness (QED) is 0.686. The van der Waals surface area contributed by atoms with E-state index in [1.807, 2.05) is 0 Å². The summed E-state index contributed by atoms with van der Waals surface area (Å²) in [6.07, 6.45) is 9.16. The van der Waals surface area contributed by atoms with Crippen molar-refractivity contribution >= 4 is 11.9 Å². The molecule has 1 saturated heterocycles. The van der Waals surface area contributed by atoms with Gasteiger partial charge in [-0.1, -0.05) is 12.2 Å². The maximum absolute atomic E-state index is 12.1. The summed E-state index contributed by atoms with van der Waals surface area (Å²) >= 11 is 0. The molecule has 0 bridgehead atoms. The van der Waals surface area contributed by atoms with Gasteiger partial charge in [-0.2, -0.15) is 0 Å². The molecule has 1 fully saturated rings. The van der Waals surface area contributed by atoms with E-state index in [0.717, 1.165) is 32.1 Å². The minimum Gasteiger partial charge on any atom is -0.336 e. The van der Waals surface area contributed by atoms with Crippen LogP contribution in [0.25, 0.3) is 0 Å². The fourth-order valence-corrected chi connectivity index (χ4v) is 2.31. The van der Waals surface area contributed by atoms with Gasteiger partial charge in [0.05, 0.1) is 0 Å². The van der Waals surface area contributed by atoms with E-state index in [1.165, 1.54) is 4.90 Å². The SMILES string of the molecule is O=C1NCCN1C(=O)C1CCC=CCCC1. The van der Waals surface area contributed by atoms with Gasteiger partial charge in [-0.3, -0.25) is 9.69 Å². The van der Waals surface area contributed by atoms with Gasteiger partial charge < -0.3 is 5.32 Å². The predicted octanol–water partition coefficient (Wildman–Crippen LogP) is 1.67. The van der Waals surface area contributed by atoms with Crippen LogP contribution in [-0.2, 0) is 4.79 Å². The first-order valence-corrected chi connectivity index (χ1v) is 6.03. The highest BCUT2D eigenvalue weighted by Gasteiger charge is 2.31. The zero-order chi connectivity index (χ0) is 11.4. The topological polar surface area (TPSA) is 49.4 Å². The van der Waals surface area contributed by atoms with Crippen molar-refractivity contribution in [3.63, 3.8) is 0 Å². The predicted molar refractivity (Wildman–Crippen MR) is 60.8 cm³/mol. The maximum atomic E-state index is 12.1. The third-order valence-corrected chi connectivity index (χ3v) is 3.24. The molecule has 2 rings (SSSR count). The molecule has 0 aromatic heterocycles. The van der Waals surface area contributed by atoms with Gasteiger partial charge in [-0.05, 0) is 32.1 Å². The molecule has 1 unspecified atom stereocenters. The van der Waals surface area contributed by atoms with Gasteiger partial charge in [0.2, 0.25) is 5.91 Å². The number of amides is 3. The molecule has 0 aromatic carbocycles. The summed E-state index contributed by atoms with van der Waals surface area (Å²) in [5.74, 6) is 0.0547. The number of nitrogens with zero attached hydrogens (tertiary/aromatic N) is 1. The fraction of sp³-hybridized carbons (Fsp3) is 0.667. The molecule has 1 aliphatic carbocycles. The monoisotopic (exact) mass is 222 g/mol. The molecule has 1 heterocycles. The number of carbonyl (C=O) groups excluding carboxylic acids is 2. The number of carbonyl (C=O) groups is 2. The van der Waals surface area contributed by atoms with Crippen LogP contribution < -0.4 is 5.32 Å². The Hall–Kier alpha value is -1.32. The Balaban J connectivity index is 1.97. The average molecular weight is 222 g/mol. The Labute approximate surface area is 95.7 Å². The lowest BCUT2D eigenvalue weighted by molar-refractivity contribution is -0.132. The lowest BCUT2D eigenvalue weighted by Gasteiger charge is -2.21. The minimum atomic E-state index is -0.220. The van der Waals surface area contributed by atoms with E-state index in [-0.39, 0.29) is 17.9 Å². The van der Waals surface area contributed by atoms with Crippen molar-refractivity contribution in [3.05, 3.63) is 12.2 Å². The number of urea groups is 1. The maximum Gasteiger partial charge on any atom is 0.324 e. The van der Waals surface area contributed by atoms with Gasteiger partial charge in [0, 0.05) is 19.0 Å². The van der Waals surface area contributed by atoms with Crippen LogP contribution in [0.3, 0.4) is 0 Å². The van der Waals surface area contributed by atoms with Crippen molar-refractivity contribution in [1.82, 2.24) is 10.2 Å². The van der Waals surface area contributed by atoms with Crippen LogP contribution in [0, 0.1) is 5.92 Å². The van der Waals surface area contributed by atoms with E-state index >= 15 is 0 Å². The molecular weight excluding hydrogens is 204 g/mol. The van der Waals surface area contributed by atoms with Crippen LogP contribution in [0.2, 0.25) is 0 Å². The largest absolute Gasteiger partial charge is 0.336 e. The van der Waals surface area contributed by atoms with E-state index < -0.39 is 0 Å². The van der Waals surface area contributed by atoms with Crippen LogP contribution in [0.1, 0.15) is 32.1 Å². The number of allylic oxidation sites excluding steroid dienone is 2. The smallest absolute Gasteiger partial charge is 0.324 e. The van der Waals surface area contributed by atoms with Crippen molar-refractivity contribution in [2.45, 2.75) is 32.1 Å². The molecular formula is C12H18N2O2. The second kappa shape index (κ2) is 5.14. The van der Waals surface area contributed by atoms with Crippen molar-refractivity contribution in [2.75, 3.05) is 13.1 Å². The van der Waals surface area contributed by atoms with Crippen LogP contribution >= 0.6 is 0 Å². The van der Waals surface area contributed by atoms with Crippen LogP contribution in [-0.4, -0.2) is 29.9 Å². The zero-order valence-corrected chi connectivity index (χ0v) is 9.45.